The van der Waals surface area contributed by atoms with Crippen molar-refractivity contribution in [1.29, 1.82) is 0 Å². The zero-order valence-electron chi connectivity index (χ0n) is 11.6. The van der Waals surface area contributed by atoms with Gasteiger partial charge in [-0.3, -0.25) is 9.69 Å². The van der Waals surface area contributed by atoms with E-state index in [4.69, 9.17) is 16.3 Å². The standard InChI is InChI=1S/C13H14ClN3O4/c1-7-5-8(2)16-11(14)10(7)12(19)21-6-9(18)17-4-3-15-13(17)20/h5H,3-4,6H2,1-2H3,(H,15,20). The van der Waals surface area contributed by atoms with Crippen LogP contribution in [0.3, 0.4) is 0 Å². The van der Waals surface area contributed by atoms with Gasteiger partial charge in [-0.25, -0.2) is 14.6 Å². The van der Waals surface area contributed by atoms with Crippen molar-refractivity contribution in [2.45, 2.75) is 13.8 Å². The minimum absolute atomic E-state index is 0.0314. The van der Waals surface area contributed by atoms with Crippen LogP contribution in [0, 0.1) is 13.8 Å². The van der Waals surface area contributed by atoms with Gasteiger partial charge < -0.3 is 10.1 Å². The fourth-order valence-electron chi connectivity index (χ4n) is 2.02. The summed E-state index contributed by atoms with van der Waals surface area (Å²) in [6.07, 6.45) is 0. The van der Waals surface area contributed by atoms with Crippen molar-refractivity contribution >= 4 is 29.5 Å². The summed E-state index contributed by atoms with van der Waals surface area (Å²) in [7, 11) is 0. The van der Waals surface area contributed by atoms with Crippen molar-refractivity contribution in [3.05, 3.63) is 28.0 Å². The van der Waals surface area contributed by atoms with Gasteiger partial charge in [0.1, 0.15) is 5.15 Å². The third kappa shape index (κ3) is 3.30. The summed E-state index contributed by atoms with van der Waals surface area (Å²) >= 11 is 5.92. The highest BCUT2D eigenvalue weighted by atomic mass is 35.5. The van der Waals surface area contributed by atoms with Gasteiger partial charge in [-0.05, 0) is 25.5 Å². The number of carbonyl (C=O) groups excluding carboxylic acids is 3. The smallest absolute Gasteiger partial charge is 0.342 e. The first-order valence-corrected chi connectivity index (χ1v) is 6.67. The Morgan fingerprint density at radius 2 is 2.19 bits per heavy atom. The Bertz CT molecular complexity index is 594. The van der Waals surface area contributed by atoms with Crippen molar-refractivity contribution in [3.63, 3.8) is 0 Å². The quantitative estimate of drug-likeness (QED) is 0.666. The molecule has 1 aromatic rings. The molecular formula is C13H14ClN3O4. The lowest BCUT2D eigenvalue weighted by atomic mass is 10.1. The lowest BCUT2D eigenvalue weighted by molar-refractivity contribution is -0.130. The second kappa shape index (κ2) is 6.09. The number of hydrogen-bond donors (Lipinski definition) is 1. The van der Waals surface area contributed by atoms with E-state index < -0.39 is 24.5 Å². The Morgan fingerprint density at radius 1 is 1.48 bits per heavy atom. The maximum absolute atomic E-state index is 12.0. The van der Waals surface area contributed by atoms with Crippen LogP contribution in [0.1, 0.15) is 21.6 Å². The van der Waals surface area contributed by atoms with Gasteiger partial charge >= 0.3 is 12.0 Å². The van der Waals surface area contributed by atoms with E-state index in [2.05, 4.69) is 10.3 Å². The Balaban J connectivity index is 2.02. The molecule has 112 valence electrons. The molecule has 0 aromatic carbocycles. The van der Waals surface area contributed by atoms with Crippen molar-refractivity contribution in [3.8, 4) is 0 Å². The number of carbonyl (C=O) groups is 3. The molecule has 0 saturated carbocycles. The average Bonchev–Trinajstić information content (AvgIpc) is 2.81. The van der Waals surface area contributed by atoms with Gasteiger partial charge in [-0.1, -0.05) is 11.6 Å². The summed E-state index contributed by atoms with van der Waals surface area (Å²) < 4.78 is 4.92. The molecule has 0 bridgehead atoms. The lowest BCUT2D eigenvalue weighted by Gasteiger charge is -2.13. The summed E-state index contributed by atoms with van der Waals surface area (Å²) in [5.74, 6) is -1.31. The second-order valence-corrected chi connectivity index (χ2v) is 4.96. The Morgan fingerprint density at radius 3 is 2.76 bits per heavy atom. The van der Waals surface area contributed by atoms with E-state index in [0.29, 0.717) is 17.8 Å². The number of nitrogens with one attached hydrogen (secondary N) is 1. The van der Waals surface area contributed by atoms with E-state index >= 15 is 0 Å². The van der Waals surface area contributed by atoms with Crippen LogP contribution in [-0.4, -0.2) is 47.5 Å². The third-order valence-electron chi connectivity index (χ3n) is 2.99. The Labute approximate surface area is 126 Å². The third-order valence-corrected chi connectivity index (χ3v) is 3.26. The van der Waals surface area contributed by atoms with Crippen molar-refractivity contribution in [2.24, 2.45) is 0 Å². The highest BCUT2D eigenvalue weighted by Gasteiger charge is 2.27. The van der Waals surface area contributed by atoms with Gasteiger partial charge in [-0.15, -0.1) is 0 Å². The largest absolute Gasteiger partial charge is 0.452 e. The first-order valence-electron chi connectivity index (χ1n) is 6.29. The number of rotatable bonds is 3. The van der Waals surface area contributed by atoms with Crippen LogP contribution < -0.4 is 5.32 Å². The van der Waals surface area contributed by atoms with Gasteiger partial charge in [-0.2, -0.15) is 0 Å². The molecule has 1 saturated heterocycles. The summed E-state index contributed by atoms with van der Waals surface area (Å²) in [6.45, 7) is 3.60. The zero-order chi connectivity index (χ0) is 15.6. The van der Waals surface area contributed by atoms with Crippen LogP contribution in [0.5, 0.6) is 0 Å². The SMILES string of the molecule is Cc1cc(C)c(C(=O)OCC(=O)N2CCNC2=O)c(Cl)n1. The van der Waals surface area contributed by atoms with Gasteiger partial charge in [0.15, 0.2) is 6.61 Å². The maximum Gasteiger partial charge on any atom is 0.342 e. The van der Waals surface area contributed by atoms with Crippen molar-refractivity contribution in [2.75, 3.05) is 19.7 Å². The molecule has 1 N–H and O–H groups in total. The first-order chi connectivity index (χ1) is 9.90. The number of pyridine rings is 1. The Kier molecular flexibility index (Phi) is 4.42. The topological polar surface area (TPSA) is 88.6 Å². The number of hydrogen-bond acceptors (Lipinski definition) is 5. The number of urea groups is 1. The zero-order valence-corrected chi connectivity index (χ0v) is 12.4. The lowest BCUT2D eigenvalue weighted by Crippen LogP contribution is -2.37. The molecular weight excluding hydrogens is 298 g/mol. The van der Waals surface area contributed by atoms with Crippen LogP contribution in [0.4, 0.5) is 4.79 Å². The van der Waals surface area contributed by atoms with Gasteiger partial charge in [0.25, 0.3) is 5.91 Å². The normalized spacial score (nSPS) is 14.0. The molecule has 0 spiro atoms. The number of ether oxygens (including phenoxy) is 1. The molecule has 0 atom stereocenters. The van der Waals surface area contributed by atoms with Crippen LogP contribution in [-0.2, 0) is 9.53 Å². The average molecular weight is 312 g/mol. The number of aromatic nitrogens is 1. The molecule has 1 fully saturated rings. The summed E-state index contributed by atoms with van der Waals surface area (Å²) in [5.41, 5.74) is 1.42. The number of halogens is 1. The van der Waals surface area contributed by atoms with Crippen LogP contribution in [0.25, 0.3) is 0 Å². The number of imide groups is 1. The van der Waals surface area contributed by atoms with Crippen molar-refractivity contribution in [1.82, 2.24) is 15.2 Å². The van der Waals surface area contributed by atoms with Crippen LogP contribution >= 0.6 is 11.6 Å². The van der Waals surface area contributed by atoms with Gasteiger partial charge in [0, 0.05) is 18.8 Å². The summed E-state index contributed by atoms with van der Waals surface area (Å²) in [4.78, 5) is 40.0. The fourth-order valence-corrected chi connectivity index (χ4v) is 2.38. The molecule has 1 aliphatic rings. The second-order valence-electron chi connectivity index (χ2n) is 4.60. The molecule has 0 radical (unpaired) electrons. The van der Waals surface area contributed by atoms with Gasteiger partial charge in [0.05, 0.1) is 5.56 Å². The monoisotopic (exact) mass is 311 g/mol. The minimum Gasteiger partial charge on any atom is -0.452 e. The van der Waals surface area contributed by atoms with Crippen molar-refractivity contribution < 1.29 is 19.1 Å². The molecule has 0 unspecified atom stereocenters. The predicted octanol–water partition coefficient (Wildman–Crippen LogP) is 1.06. The molecule has 1 aromatic heterocycles. The number of amides is 3. The molecule has 2 heterocycles. The Hall–Kier alpha value is -2.15. The van der Waals surface area contributed by atoms with E-state index in [9.17, 15) is 14.4 Å². The molecule has 0 aliphatic carbocycles. The number of aryl methyl sites for hydroxylation is 2. The van der Waals surface area contributed by atoms with E-state index in [0.717, 1.165) is 4.90 Å². The highest BCUT2D eigenvalue weighted by Crippen LogP contribution is 2.19. The molecule has 3 amide bonds. The molecule has 21 heavy (non-hydrogen) atoms. The van der Waals surface area contributed by atoms with Crippen LogP contribution in [0.15, 0.2) is 6.07 Å². The fraction of sp³-hybridized carbons (Fsp3) is 0.385. The minimum atomic E-state index is -0.738. The predicted molar refractivity (Wildman–Crippen MR) is 74.1 cm³/mol. The number of nitrogens with zero attached hydrogens (tertiary/aromatic N) is 2. The highest BCUT2D eigenvalue weighted by molar-refractivity contribution is 6.32. The maximum atomic E-state index is 12.0. The molecule has 7 nitrogen and oxygen atoms in total. The molecule has 2 rings (SSSR count). The van der Waals surface area contributed by atoms with E-state index in [1.807, 2.05) is 0 Å². The van der Waals surface area contributed by atoms with E-state index in [1.54, 1.807) is 19.9 Å². The van der Waals surface area contributed by atoms with E-state index in [1.165, 1.54) is 0 Å². The first kappa shape index (κ1) is 15.2. The summed E-state index contributed by atoms with van der Waals surface area (Å²) in [6, 6.07) is 1.21. The summed E-state index contributed by atoms with van der Waals surface area (Å²) in [5, 5.41) is 2.52. The molecule has 1 aliphatic heterocycles. The van der Waals surface area contributed by atoms with Crippen LogP contribution in [0.2, 0.25) is 5.15 Å². The van der Waals surface area contributed by atoms with Gasteiger partial charge in [0.2, 0.25) is 0 Å². The van der Waals surface area contributed by atoms with E-state index in [-0.39, 0.29) is 17.3 Å². The number of esters is 1. The molecule has 8 heteroatoms.